The number of anilines is 1. The molecule has 0 aliphatic carbocycles. The molecule has 0 radical (unpaired) electrons. The van der Waals surface area contributed by atoms with E-state index in [4.69, 9.17) is 13.9 Å². The van der Waals surface area contributed by atoms with Crippen molar-refractivity contribution in [3.8, 4) is 22.8 Å². The SMILES string of the molecule is O=C1NC(=O)N(c2ccc3c(c2)OCO3)C(=O)/C1=C\c1ccc(-c2ccccc2)o1. The Balaban J connectivity index is 1.48. The molecule has 0 unspecified atom stereocenters. The van der Waals surface area contributed by atoms with Crippen LogP contribution in [0.2, 0.25) is 0 Å². The number of benzene rings is 2. The lowest BCUT2D eigenvalue weighted by Gasteiger charge is -2.26. The number of barbiturate groups is 1. The zero-order valence-corrected chi connectivity index (χ0v) is 15.5. The lowest BCUT2D eigenvalue weighted by atomic mass is 10.1. The maximum absolute atomic E-state index is 13.0. The van der Waals surface area contributed by atoms with E-state index in [2.05, 4.69) is 5.32 Å². The molecule has 2 aliphatic heterocycles. The summed E-state index contributed by atoms with van der Waals surface area (Å²) in [5.74, 6) is 0.274. The molecule has 2 aliphatic rings. The zero-order valence-electron chi connectivity index (χ0n) is 15.5. The first-order valence-electron chi connectivity index (χ1n) is 9.06. The van der Waals surface area contributed by atoms with Gasteiger partial charge in [-0.25, -0.2) is 9.69 Å². The maximum Gasteiger partial charge on any atom is 0.335 e. The molecule has 148 valence electrons. The minimum Gasteiger partial charge on any atom is -0.457 e. The van der Waals surface area contributed by atoms with Crippen LogP contribution in [0.5, 0.6) is 11.5 Å². The summed E-state index contributed by atoms with van der Waals surface area (Å²) < 4.78 is 16.3. The van der Waals surface area contributed by atoms with Gasteiger partial charge in [0.25, 0.3) is 11.8 Å². The monoisotopic (exact) mass is 402 g/mol. The van der Waals surface area contributed by atoms with Crippen molar-refractivity contribution in [2.45, 2.75) is 0 Å². The molecule has 30 heavy (non-hydrogen) atoms. The second kappa shape index (κ2) is 6.93. The first-order chi connectivity index (χ1) is 14.6. The maximum atomic E-state index is 13.0. The minimum absolute atomic E-state index is 0.0603. The fourth-order valence-corrected chi connectivity index (χ4v) is 3.25. The van der Waals surface area contributed by atoms with Crippen molar-refractivity contribution in [3.63, 3.8) is 0 Å². The molecule has 0 atom stereocenters. The molecule has 1 fully saturated rings. The van der Waals surface area contributed by atoms with Crippen molar-refractivity contribution in [2.75, 3.05) is 11.7 Å². The predicted octanol–water partition coefficient (Wildman–Crippen LogP) is 3.34. The van der Waals surface area contributed by atoms with Crippen LogP contribution in [0.4, 0.5) is 10.5 Å². The normalized spacial score (nSPS) is 16.9. The van der Waals surface area contributed by atoms with E-state index in [9.17, 15) is 14.4 Å². The topological polar surface area (TPSA) is 98.1 Å². The van der Waals surface area contributed by atoms with Gasteiger partial charge in [-0.3, -0.25) is 14.9 Å². The number of rotatable bonds is 3. The number of amides is 4. The lowest BCUT2D eigenvalue weighted by Crippen LogP contribution is -2.54. The molecule has 1 aromatic heterocycles. The molecular formula is C22H14N2O6. The molecule has 5 rings (SSSR count). The number of hydrogen-bond acceptors (Lipinski definition) is 6. The van der Waals surface area contributed by atoms with Gasteiger partial charge in [0, 0.05) is 11.6 Å². The van der Waals surface area contributed by atoms with Gasteiger partial charge in [0.15, 0.2) is 11.5 Å². The molecule has 3 heterocycles. The minimum atomic E-state index is -0.842. The van der Waals surface area contributed by atoms with Gasteiger partial charge in [-0.05, 0) is 30.3 Å². The Morgan fingerprint density at radius 2 is 1.70 bits per heavy atom. The van der Waals surface area contributed by atoms with E-state index >= 15 is 0 Å². The summed E-state index contributed by atoms with van der Waals surface area (Å²) >= 11 is 0. The third kappa shape index (κ3) is 3.00. The Kier molecular flexibility index (Phi) is 4.10. The standard InChI is InChI=1S/C22H14N2O6/c25-20-16(11-15-7-9-17(30-15)13-4-2-1-3-5-13)21(26)24(22(27)23-20)14-6-8-18-19(10-14)29-12-28-18/h1-11H,12H2,(H,23,25,27)/b16-11-. The summed E-state index contributed by atoms with van der Waals surface area (Å²) in [6.45, 7) is 0.0603. The highest BCUT2D eigenvalue weighted by Crippen LogP contribution is 2.36. The van der Waals surface area contributed by atoms with Crippen LogP contribution in [-0.2, 0) is 9.59 Å². The molecule has 1 N–H and O–H groups in total. The predicted molar refractivity (Wildman–Crippen MR) is 106 cm³/mol. The summed E-state index contributed by atoms with van der Waals surface area (Å²) in [4.78, 5) is 38.5. The Morgan fingerprint density at radius 1 is 0.900 bits per heavy atom. The molecular weight excluding hydrogens is 388 g/mol. The van der Waals surface area contributed by atoms with Crippen LogP contribution in [0, 0.1) is 0 Å². The highest BCUT2D eigenvalue weighted by molar-refractivity contribution is 6.39. The van der Waals surface area contributed by atoms with Crippen LogP contribution < -0.4 is 19.7 Å². The molecule has 0 saturated carbocycles. The van der Waals surface area contributed by atoms with Crippen LogP contribution in [0.25, 0.3) is 17.4 Å². The summed E-state index contributed by atoms with van der Waals surface area (Å²) in [5.41, 5.74) is 0.893. The van der Waals surface area contributed by atoms with Crippen LogP contribution in [0.15, 0.2) is 70.7 Å². The number of nitrogens with zero attached hydrogens (tertiary/aromatic N) is 1. The number of urea groups is 1. The molecule has 0 spiro atoms. The molecule has 3 aromatic rings. The Bertz CT molecular complexity index is 1210. The van der Waals surface area contributed by atoms with Gasteiger partial charge in [0.05, 0.1) is 5.69 Å². The smallest absolute Gasteiger partial charge is 0.335 e. The third-order valence-electron chi connectivity index (χ3n) is 4.69. The molecule has 0 bridgehead atoms. The molecule has 4 amide bonds. The van der Waals surface area contributed by atoms with E-state index < -0.39 is 17.8 Å². The summed E-state index contributed by atoms with van der Waals surface area (Å²) in [5, 5.41) is 2.18. The van der Waals surface area contributed by atoms with Crippen molar-refractivity contribution in [2.24, 2.45) is 0 Å². The summed E-state index contributed by atoms with van der Waals surface area (Å²) in [7, 11) is 0. The van der Waals surface area contributed by atoms with E-state index in [0.29, 0.717) is 23.0 Å². The van der Waals surface area contributed by atoms with Crippen molar-refractivity contribution < 1.29 is 28.3 Å². The number of hydrogen-bond donors (Lipinski definition) is 1. The van der Waals surface area contributed by atoms with E-state index in [1.54, 1.807) is 24.3 Å². The van der Waals surface area contributed by atoms with Crippen LogP contribution in [0.3, 0.4) is 0 Å². The van der Waals surface area contributed by atoms with Crippen molar-refractivity contribution >= 4 is 29.6 Å². The molecule has 8 heteroatoms. The van der Waals surface area contributed by atoms with E-state index in [1.165, 1.54) is 12.1 Å². The van der Waals surface area contributed by atoms with Crippen molar-refractivity contribution in [1.29, 1.82) is 0 Å². The number of fused-ring (bicyclic) bond motifs is 1. The second-order valence-corrected chi connectivity index (χ2v) is 6.56. The van der Waals surface area contributed by atoms with Gasteiger partial charge in [-0.15, -0.1) is 0 Å². The number of nitrogens with one attached hydrogen (secondary N) is 1. The summed E-state index contributed by atoms with van der Waals surface area (Å²) in [6, 6.07) is 16.6. The Hall–Kier alpha value is -4.33. The Morgan fingerprint density at radius 3 is 2.53 bits per heavy atom. The van der Waals surface area contributed by atoms with Gasteiger partial charge in [-0.2, -0.15) is 0 Å². The quantitative estimate of drug-likeness (QED) is 0.533. The van der Waals surface area contributed by atoms with Crippen LogP contribution >= 0.6 is 0 Å². The largest absolute Gasteiger partial charge is 0.457 e. The van der Waals surface area contributed by atoms with E-state index in [0.717, 1.165) is 10.5 Å². The van der Waals surface area contributed by atoms with Gasteiger partial charge in [0.2, 0.25) is 6.79 Å². The van der Waals surface area contributed by atoms with Crippen molar-refractivity contribution in [3.05, 3.63) is 72.0 Å². The average Bonchev–Trinajstić information content (AvgIpc) is 3.41. The highest BCUT2D eigenvalue weighted by Gasteiger charge is 2.37. The van der Waals surface area contributed by atoms with E-state index in [1.807, 2.05) is 30.3 Å². The first kappa shape index (κ1) is 17.7. The molecule has 1 saturated heterocycles. The number of carbonyl (C=O) groups excluding carboxylic acids is 3. The fourth-order valence-electron chi connectivity index (χ4n) is 3.25. The zero-order chi connectivity index (χ0) is 20.7. The lowest BCUT2D eigenvalue weighted by molar-refractivity contribution is -0.122. The van der Waals surface area contributed by atoms with Gasteiger partial charge < -0.3 is 13.9 Å². The van der Waals surface area contributed by atoms with Gasteiger partial charge in [0.1, 0.15) is 17.1 Å². The van der Waals surface area contributed by atoms with Crippen LogP contribution in [0.1, 0.15) is 5.76 Å². The van der Waals surface area contributed by atoms with Gasteiger partial charge >= 0.3 is 6.03 Å². The Labute approximate surface area is 170 Å². The number of ether oxygens (including phenoxy) is 2. The third-order valence-corrected chi connectivity index (χ3v) is 4.69. The molecule has 8 nitrogen and oxygen atoms in total. The van der Waals surface area contributed by atoms with E-state index in [-0.39, 0.29) is 18.1 Å². The highest BCUT2D eigenvalue weighted by atomic mass is 16.7. The fraction of sp³-hybridized carbons (Fsp3) is 0.0455. The van der Waals surface area contributed by atoms with Gasteiger partial charge in [-0.1, -0.05) is 30.3 Å². The summed E-state index contributed by atoms with van der Waals surface area (Å²) in [6.07, 6.45) is 1.32. The first-order valence-corrected chi connectivity index (χ1v) is 9.06. The van der Waals surface area contributed by atoms with Crippen molar-refractivity contribution in [1.82, 2.24) is 5.32 Å². The number of carbonyl (C=O) groups is 3. The number of furan rings is 1. The average molecular weight is 402 g/mol. The van der Waals surface area contributed by atoms with Crippen LogP contribution in [-0.4, -0.2) is 24.6 Å². The number of imide groups is 2. The molecule has 2 aromatic carbocycles. The second-order valence-electron chi connectivity index (χ2n) is 6.56.